The van der Waals surface area contributed by atoms with Crippen LogP contribution in [0.5, 0.6) is 0 Å². The van der Waals surface area contributed by atoms with Crippen LogP contribution in [0.3, 0.4) is 0 Å². The first-order chi connectivity index (χ1) is 13.7. The Kier molecular flexibility index (Phi) is 6.12. The molecule has 1 amide bonds. The molecule has 152 valence electrons. The summed E-state index contributed by atoms with van der Waals surface area (Å²) in [6.45, 7) is 4.24. The van der Waals surface area contributed by atoms with Crippen LogP contribution in [0.25, 0.3) is 0 Å². The molecular formula is C21H23N3O4S. The van der Waals surface area contributed by atoms with Crippen molar-refractivity contribution in [3.63, 3.8) is 0 Å². The van der Waals surface area contributed by atoms with Crippen LogP contribution < -0.4 is 5.32 Å². The zero-order chi connectivity index (χ0) is 21.0. The molecule has 0 atom stereocenters. The highest BCUT2D eigenvalue weighted by atomic mass is 32.2. The molecule has 1 N–H and O–H groups in total. The average Bonchev–Trinajstić information content (AvgIpc) is 3.08. The Morgan fingerprint density at radius 3 is 2.21 bits per heavy atom. The molecule has 7 nitrogen and oxygen atoms in total. The van der Waals surface area contributed by atoms with Gasteiger partial charge in [-0.2, -0.15) is 0 Å². The van der Waals surface area contributed by atoms with Crippen LogP contribution >= 0.6 is 0 Å². The molecule has 0 saturated heterocycles. The largest absolute Gasteiger partial charge is 0.407 e. The Labute approximate surface area is 170 Å². The molecule has 0 aliphatic carbocycles. The molecule has 29 heavy (non-hydrogen) atoms. The van der Waals surface area contributed by atoms with Crippen LogP contribution in [0.15, 0.2) is 57.8 Å². The fourth-order valence-electron chi connectivity index (χ4n) is 2.77. The molecule has 0 bridgehead atoms. The van der Waals surface area contributed by atoms with Gasteiger partial charge in [0.2, 0.25) is 11.8 Å². The SMILES string of the molecule is CC(C)c1ccc(CC(=O)Nc2nnc(Cc3ccc(S(C)(=O)=O)cc3)o2)cc1. The summed E-state index contributed by atoms with van der Waals surface area (Å²) in [6, 6.07) is 14.4. The molecule has 0 aliphatic rings. The number of carbonyl (C=O) groups is 1. The van der Waals surface area contributed by atoms with Gasteiger partial charge in [-0.25, -0.2) is 8.42 Å². The lowest BCUT2D eigenvalue weighted by molar-refractivity contribution is -0.115. The van der Waals surface area contributed by atoms with E-state index in [0.717, 1.165) is 17.4 Å². The van der Waals surface area contributed by atoms with Gasteiger partial charge in [-0.1, -0.05) is 55.3 Å². The summed E-state index contributed by atoms with van der Waals surface area (Å²) in [5, 5.41) is 10.4. The van der Waals surface area contributed by atoms with E-state index in [4.69, 9.17) is 4.42 Å². The predicted molar refractivity (Wildman–Crippen MR) is 110 cm³/mol. The maximum Gasteiger partial charge on any atom is 0.322 e. The molecule has 2 aromatic carbocycles. The minimum atomic E-state index is -3.23. The Morgan fingerprint density at radius 2 is 1.62 bits per heavy atom. The third-order valence-electron chi connectivity index (χ3n) is 4.43. The number of amides is 1. The minimum absolute atomic E-state index is 0.0385. The number of benzene rings is 2. The first-order valence-corrected chi connectivity index (χ1v) is 11.1. The molecule has 8 heteroatoms. The summed E-state index contributed by atoms with van der Waals surface area (Å²) in [4.78, 5) is 12.5. The third kappa shape index (κ3) is 5.74. The Balaban J connectivity index is 1.57. The summed E-state index contributed by atoms with van der Waals surface area (Å²) < 4.78 is 28.5. The van der Waals surface area contributed by atoms with E-state index in [1.165, 1.54) is 17.7 Å². The predicted octanol–water partition coefficient (Wildman–Crippen LogP) is 3.37. The van der Waals surface area contributed by atoms with Gasteiger partial charge in [0.15, 0.2) is 9.84 Å². The number of nitrogens with zero attached hydrogens (tertiary/aromatic N) is 2. The zero-order valence-corrected chi connectivity index (χ0v) is 17.4. The van der Waals surface area contributed by atoms with Crippen molar-refractivity contribution in [1.82, 2.24) is 10.2 Å². The van der Waals surface area contributed by atoms with Gasteiger partial charge >= 0.3 is 6.01 Å². The van der Waals surface area contributed by atoms with Crippen molar-refractivity contribution in [3.05, 3.63) is 71.1 Å². The van der Waals surface area contributed by atoms with Crippen molar-refractivity contribution in [1.29, 1.82) is 0 Å². The molecule has 0 fully saturated rings. The van der Waals surface area contributed by atoms with Crippen LogP contribution in [-0.2, 0) is 27.5 Å². The number of carbonyl (C=O) groups excluding carboxylic acids is 1. The quantitative estimate of drug-likeness (QED) is 0.637. The number of hydrogen-bond donors (Lipinski definition) is 1. The van der Waals surface area contributed by atoms with Gasteiger partial charge in [0.05, 0.1) is 17.7 Å². The molecule has 0 saturated carbocycles. The fourth-order valence-corrected chi connectivity index (χ4v) is 3.40. The first-order valence-electron chi connectivity index (χ1n) is 9.21. The van der Waals surface area contributed by atoms with Crippen molar-refractivity contribution < 1.29 is 17.6 Å². The summed E-state index contributed by atoms with van der Waals surface area (Å²) in [6.07, 6.45) is 1.71. The van der Waals surface area contributed by atoms with Crippen LogP contribution in [-0.4, -0.2) is 30.8 Å². The van der Waals surface area contributed by atoms with E-state index in [1.54, 1.807) is 12.1 Å². The van der Waals surface area contributed by atoms with Gasteiger partial charge in [0, 0.05) is 6.26 Å². The Morgan fingerprint density at radius 1 is 1.00 bits per heavy atom. The second-order valence-electron chi connectivity index (χ2n) is 7.22. The second kappa shape index (κ2) is 8.57. The molecule has 1 heterocycles. The lowest BCUT2D eigenvalue weighted by Gasteiger charge is -2.06. The van der Waals surface area contributed by atoms with Gasteiger partial charge in [-0.15, -0.1) is 5.10 Å². The highest BCUT2D eigenvalue weighted by molar-refractivity contribution is 7.90. The standard InChI is InChI=1S/C21H23N3O4S/c1-14(2)17-8-4-15(5-9-17)12-19(25)22-21-24-23-20(28-21)13-16-6-10-18(11-7-16)29(3,26)27/h4-11,14H,12-13H2,1-3H3,(H,22,24,25). The summed E-state index contributed by atoms with van der Waals surface area (Å²) in [5.41, 5.74) is 2.95. The number of nitrogens with one attached hydrogen (secondary N) is 1. The van der Waals surface area contributed by atoms with Crippen LogP contribution in [0.2, 0.25) is 0 Å². The maximum atomic E-state index is 12.2. The van der Waals surface area contributed by atoms with Crippen molar-refractivity contribution >= 4 is 21.8 Å². The molecule has 1 aromatic heterocycles. The number of rotatable bonds is 7. The normalized spacial score (nSPS) is 11.6. The van der Waals surface area contributed by atoms with Crippen LogP contribution in [0, 0.1) is 0 Å². The van der Waals surface area contributed by atoms with Crippen molar-refractivity contribution in [2.75, 3.05) is 11.6 Å². The third-order valence-corrected chi connectivity index (χ3v) is 5.56. The smallest absolute Gasteiger partial charge is 0.322 e. The Hall–Kier alpha value is -3.00. The zero-order valence-electron chi connectivity index (χ0n) is 16.5. The average molecular weight is 413 g/mol. The molecule has 0 spiro atoms. The van der Waals surface area contributed by atoms with Gasteiger partial charge in [0.25, 0.3) is 0 Å². The van der Waals surface area contributed by atoms with E-state index in [2.05, 4.69) is 29.4 Å². The number of anilines is 1. The molecular weight excluding hydrogens is 390 g/mol. The maximum absolute atomic E-state index is 12.2. The molecule has 0 radical (unpaired) electrons. The van der Waals surface area contributed by atoms with Gasteiger partial charge < -0.3 is 4.42 Å². The molecule has 3 rings (SSSR count). The lowest BCUT2D eigenvalue weighted by Crippen LogP contribution is -2.14. The monoisotopic (exact) mass is 413 g/mol. The van der Waals surface area contributed by atoms with Crippen LogP contribution in [0.4, 0.5) is 6.01 Å². The van der Waals surface area contributed by atoms with E-state index in [-0.39, 0.29) is 23.2 Å². The van der Waals surface area contributed by atoms with E-state index in [9.17, 15) is 13.2 Å². The first kappa shape index (κ1) is 20.7. The molecule has 3 aromatic rings. The highest BCUT2D eigenvalue weighted by Gasteiger charge is 2.12. The fraction of sp³-hybridized carbons (Fsp3) is 0.286. The summed E-state index contributed by atoms with van der Waals surface area (Å²) in [7, 11) is -3.23. The van der Waals surface area contributed by atoms with Crippen molar-refractivity contribution in [3.8, 4) is 0 Å². The minimum Gasteiger partial charge on any atom is -0.407 e. The van der Waals surface area contributed by atoms with Crippen molar-refractivity contribution in [2.45, 2.75) is 37.5 Å². The van der Waals surface area contributed by atoms with Gasteiger partial charge in [-0.3, -0.25) is 10.1 Å². The Bertz CT molecular complexity index is 1090. The second-order valence-corrected chi connectivity index (χ2v) is 9.23. The van der Waals surface area contributed by atoms with E-state index >= 15 is 0 Å². The van der Waals surface area contributed by atoms with Crippen LogP contribution in [0.1, 0.15) is 42.3 Å². The number of sulfone groups is 1. The van der Waals surface area contributed by atoms with E-state index in [1.807, 2.05) is 24.3 Å². The van der Waals surface area contributed by atoms with E-state index < -0.39 is 9.84 Å². The number of hydrogen-bond acceptors (Lipinski definition) is 6. The van der Waals surface area contributed by atoms with Crippen molar-refractivity contribution in [2.24, 2.45) is 0 Å². The molecule has 0 aliphatic heterocycles. The summed E-state index contributed by atoms with van der Waals surface area (Å²) in [5.74, 6) is 0.529. The lowest BCUT2D eigenvalue weighted by atomic mass is 10.0. The number of aromatic nitrogens is 2. The van der Waals surface area contributed by atoms with Gasteiger partial charge in [-0.05, 0) is 34.7 Å². The van der Waals surface area contributed by atoms with E-state index in [0.29, 0.717) is 18.2 Å². The topological polar surface area (TPSA) is 102 Å². The highest BCUT2D eigenvalue weighted by Crippen LogP contribution is 2.17. The molecule has 0 unspecified atom stereocenters. The van der Waals surface area contributed by atoms with Gasteiger partial charge in [0.1, 0.15) is 0 Å². The summed E-state index contributed by atoms with van der Waals surface area (Å²) >= 11 is 0.